The number of fused-ring (bicyclic) bond motifs is 5. The first-order valence-corrected chi connectivity index (χ1v) is 14.8. The molecule has 0 bridgehead atoms. The van der Waals surface area contributed by atoms with Gasteiger partial charge in [0, 0.05) is 28.6 Å². The maximum Gasteiger partial charge on any atom is 0.509 e. The van der Waals surface area contributed by atoms with E-state index in [1.165, 1.54) is 18.6 Å². The van der Waals surface area contributed by atoms with E-state index >= 15 is 4.39 Å². The van der Waals surface area contributed by atoms with Gasteiger partial charge in [0.25, 0.3) is 0 Å². The molecule has 0 aromatic heterocycles. The second-order valence-corrected chi connectivity index (χ2v) is 14.2. The first-order chi connectivity index (χ1) is 18.9. The fraction of sp³-hybridized carbons (Fsp3) is 0.774. The summed E-state index contributed by atoms with van der Waals surface area (Å²) in [6.45, 7) is 3.79. The number of aliphatic hydroxyl groups excluding tert-OH is 1. The molecule has 1 spiro atoms. The Hall–Kier alpha value is -2.29. The minimum absolute atomic E-state index is 0.202. The Kier molecular flexibility index (Phi) is 5.43. The molecule has 0 amide bonds. The van der Waals surface area contributed by atoms with E-state index in [0.29, 0.717) is 42.1 Å². The average Bonchev–Trinajstić information content (AvgIpc) is 3.52. The van der Waals surface area contributed by atoms with Gasteiger partial charge in [-0.25, -0.2) is 18.4 Å². The van der Waals surface area contributed by atoms with Crippen molar-refractivity contribution in [3.8, 4) is 0 Å². The van der Waals surface area contributed by atoms with E-state index in [-0.39, 0.29) is 18.3 Å². The minimum Gasteiger partial charge on any atom is -0.431 e. The number of carbonyl (C=O) groups excluding carboxylic acids is 3. The molecule has 6 fully saturated rings. The number of halogens is 2. The molecule has 9 heteroatoms. The maximum atomic E-state index is 17.5. The predicted octanol–water partition coefficient (Wildman–Crippen LogP) is 5.15. The lowest BCUT2D eigenvalue weighted by atomic mass is 9.44. The van der Waals surface area contributed by atoms with Gasteiger partial charge in [-0.1, -0.05) is 25.5 Å². The van der Waals surface area contributed by atoms with Crippen molar-refractivity contribution in [3.05, 3.63) is 23.8 Å². The lowest BCUT2D eigenvalue weighted by Gasteiger charge is -2.62. The lowest BCUT2D eigenvalue weighted by molar-refractivity contribution is -0.233. The van der Waals surface area contributed by atoms with Gasteiger partial charge < -0.3 is 19.3 Å². The number of aliphatic hydroxyl groups is 1. The molecule has 6 saturated carbocycles. The zero-order valence-corrected chi connectivity index (χ0v) is 23.3. The molecule has 218 valence electrons. The summed E-state index contributed by atoms with van der Waals surface area (Å²) in [7, 11) is 0. The highest BCUT2D eigenvalue weighted by molar-refractivity contribution is 6.01. The molecule has 12 atom stereocenters. The van der Waals surface area contributed by atoms with Crippen molar-refractivity contribution < 1.29 is 42.5 Å². The van der Waals surface area contributed by atoms with Crippen molar-refractivity contribution in [2.24, 2.45) is 45.8 Å². The smallest absolute Gasteiger partial charge is 0.431 e. The Morgan fingerprint density at radius 3 is 2.58 bits per heavy atom. The van der Waals surface area contributed by atoms with Gasteiger partial charge in [-0.3, -0.25) is 4.79 Å². The van der Waals surface area contributed by atoms with Gasteiger partial charge in [0.1, 0.15) is 6.10 Å². The molecule has 1 N–H and O–H groups in total. The summed E-state index contributed by atoms with van der Waals surface area (Å²) >= 11 is 0. The second kappa shape index (κ2) is 8.17. The Balaban J connectivity index is 1.23. The molecular formula is C31H38F2O7. The van der Waals surface area contributed by atoms with Gasteiger partial charge in [0.05, 0.1) is 6.10 Å². The van der Waals surface area contributed by atoms with Gasteiger partial charge in [-0.2, -0.15) is 0 Å². The van der Waals surface area contributed by atoms with Crippen LogP contribution in [-0.2, 0) is 23.8 Å². The topological polar surface area (TPSA) is 99.1 Å². The standard InChI is InChI=1S/C31H38F2O7/c1-16-10-22-20-5-4-17-11-19(34)6-8-27(17,2)30(20,33)24(35)14-28(22,3)31(16,25(36)38-15-32)40-26(37)39-23-12-18-13-29(18)9-7-21(23)29/h6,8,11,16,18,20-24,35H,4-5,7,9-10,12-15H2,1-3H3/t16-,18-,20+,21+,22+,23-,24+,27+,28+,29?,30+,31+/m1/s1. The Bertz CT molecular complexity index is 1240. The summed E-state index contributed by atoms with van der Waals surface area (Å²) < 4.78 is 47.7. The SMILES string of the molecule is C[C@@H]1C[C@H]2[C@@H]3CCC4=CC(=O)C=C[C@]4(C)[C@@]3(F)[C@@H](O)C[C@]2(C)[C@@]1(OC(=O)O[C@@H]1C[C@@H]2CC23CC[C@@H]13)C(=O)OCF. The Labute approximate surface area is 232 Å². The van der Waals surface area contributed by atoms with E-state index in [0.717, 1.165) is 19.3 Å². The van der Waals surface area contributed by atoms with Crippen LogP contribution in [0, 0.1) is 45.8 Å². The van der Waals surface area contributed by atoms with Crippen LogP contribution in [0.5, 0.6) is 0 Å². The van der Waals surface area contributed by atoms with Crippen molar-refractivity contribution >= 4 is 17.9 Å². The highest BCUT2D eigenvalue weighted by atomic mass is 19.1. The van der Waals surface area contributed by atoms with Gasteiger partial charge in [0.2, 0.25) is 12.5 Å². The highest BCUT2D eigenvalue weighted by Gasteiger charge is 2.78. The van der Waals surface area contributed by atoms with Crippen molar-refractivity contribution in [1.82, 2.24) is 0 Å². The van der Waals surface area contributed by atoms with E-state index in [9.17, 15) is 23.9 Å². The number of esters is 1. The summed E-state index contributed by atoms with van der Waals surface area (Å²) in [6, 6.07) is 0. The first kappa shape index (κ1) is 26.6. The van der Waals surface area contributed by atoms with Crippen molar-refractivity contribution in [2.45, 2.75) is 95.6 Å². The third-order valence-electron chi connectivity index (χ3n) is 13.1. The molecule has 7 nitrogen and oxygen atoms in total. The van der Waals surface area contributed by atoms with Crippen LogP contribution in [0.3, 0.4) is 0 Å². The van der Waals surface area contributed by atoms with Crippen LogP contribution in [0.1, 0.15) is 72.1 Å². The van der Waals surface area contributed by atoms with Crippen LogP contribution in [0.15, 0.2) is 23.8 Å². The largest absolute Gasteiger partial charge is 0.509 e. The molecule has 40 heavy (non-hydrogen) atoms. The molecule has 0 saturated heterocycles. The first-order valence-electron chi connectivity index (χ1n) is 14.8. The molecule has 0 heterocycles. The fourth-order valence-corrected chi connectivity index (χ4v) is 11.0. The number of rotatable bonds is 4. The van der Waals surface area contributed by atoms with Gasteiger partial charge in [0.15, 0.2) is 11.5 Å². The van der Waals surface area contributed by atoms with Crippen molar-refractivity contribution in [3.63, 3.8) is 0 Å². The normalized spacial score (nSPS) is 53.1. The number of allylic oxidation sites excluding steroid dienone is 4. The van der Waals surface area contributed by atoms with E-state index < -0.39 is 64.9 Å². The molecule has 7 aliphatic rings. The minimum atomic E-state index is -2.11. The molecule has 1 unspecified atom stereocenters. The van der Waals surface area contributed by atoms with Gasteiger partial charge >= 0.3 is 12.1 Å². The molecule has 0 aliphatic heterocycles. The van der Waals surface area contributed by atoms with E-state index in [1.54, 1.807) is 26.8 Å². The Morgan fingerprint density at radius 1 is 1.12 bits per heavy atom. The molecule has 0 radical (unpaired) electrons. The van der Waals surface area contributed by atoms with Crippen molar-refractivity contribution in [1.29, 1.82) is 0 Å². The average molecular weight is 561 g/mol. The van der Waals surface area contributed by atoms with Crippen molar-refractivity contribution in [2.75, 3.05) is 6.86 Å². The quantitative estimate of drug-likeness (QED) is 0.475. The second-order valence-electron chi connectivity index (χ2n) is 14.2. The number of hydrogen-bond acceptors (Lipinski definition) is 7. The predicted molar refractivity (Wildman–Crippen MR) is 137 cm³/mol. The maximum absolute atomic E-state index is 17.5. The molecule has 7 aliphatic carbocycles. The zero-order valence-electron chi connectivity index (χ0n) is 23.3. The monoisotopic (exact) mass is 560 g/mol. The number of ketones is 1. The fourth-order valence-electron chi connectivity index (χ4n) is 11.0. The van der Waals surface area contributed by atoms with E-state index in [4.69, 9.17) is 14.2 Å². The van der Waals surface area contributed by atoms with Crippen LogP contribution < -0.4 is 0 Å². The Morgan fingerprint density at radius 2 is 1.90 bits per heavy atom. The summed E-state index contributed by atoms with van der Waals surface area (Å²) in [5.41, 5.74) is -5.52. The van der Waals surface area contributed by atoms with Crippen LogP contribution in [0.25, 0.3) is 0 Å². The number of alkyl halides is 2. The van der Waals surface area contributed by atoms with Crippen LogP contribution in [-0.4, -0.2) is 53.4 Å². The van der Waals surface area contributed by atoms with Crippen LogP contribution in [0.4, 0.5) is 13.6 Å². The number of carbonyl (C=O) groups is 3. The summed E-state index contributed by atoms with van der Waals surface area (Å²) in [6.07, 6.45) is 6.66. The number of ether oxygens (including phenoxy) is 3. The third-order valence-corrected chi connectivity index (χ3v) is 13.1. The summed E-state index contributed by atoms with van der Waals surface area (Å²) in [5.74, 6) is -2.15. The summed E-state index contributed by atoms with van der Waals surface area (Å²) in [4.78, 5) is 39.1. The number of hydrogen-bond donors (Lipinski definition) is 1. The zero-order chi connectivity index (χ0) is 28.5. The van der Waals surface area contributed by atoms with E-state index in [2.05, 4.69) is 0 Å². The lowest BCUT2D eigenvalue weighted by Crippen LogP contribution is -2.70. The third kappa shape index (κ3) is 2.95. The molecule has 7 rings (SSSR count). The summed E-state index contributed by atoms with van der Waals surface area (Å²) in [5, 5.41) is 11.6. The highest BCUT2D eigenvalue weighted by Crippen LogP contribution is 2.76. The molecular weight excluding hydrogens is 522 g/mol. The molecule has 0 aromatic carbocycles. The van der Waals surface area contributed by atoms with Crippen LogP contribution >= 0.6 is 0 Å². The van der Waals surface area contributed by atoms with Crippen LogP contribution in [0.2, 0.25) is 0 Å². The van der Waals surface area contributed by atoms with Gasteiger partial charge in [-0.05, 0) is 87.7 Å². The molecule has 0 aromatic rings. The van der Waals surface area contributed by atoms with Gasteiger partial charge in [-0.15, -0.1) is 0 Å². The van der Waals surface area contributed by atoms with E-state index in [1.807, 2.05) is 0 Å².